The van der Waals surface area contributed by atoms with Crippen LogP contribution in [-0.4, -0.2) is 11.9 Å². The van der Waals surface area contributed by atoms with Crippen molar-refractivity contribution in [2.75, 3.05) is 0 Å². The molecule has 4 nitrogen and oxygen atoms in total. The zero-order chi connectivity index (χ0) is 15.5. The number of halogens is 3. The zero-order valence-electron chi connectivity index (χ0n) is 13.2. The number of amidine groups is 1. The van der Waals surface area contributed by atoms with Gasteiger partial charge in [-0.3, -0.25) is 0 Å². The second-order valence-electron chi connectivity index (χ2n) is 5.33. The minimum absolute atomic E-state index is 0. The van der Waals surface area contributed by atoms with E-state index >= 15 is 0 Å². The Balaban J connectivity index is 0.00000144. The summed E-state index contributed by atoms with van der Waals surface area (Å²) in [5, 5.41) is 3.28. The third-order valence-corrected chi connectivity index (χ3v) is 3.54. The molecule has 0 radical (unpaired) electrons. The summed E-state index contributed by atoms with van der Waals surface area (Å²) < 4.78 is 18.8. The molecular weight excluding hydrogens is 352 g/mol. The van der Waals surface area contributed by atoms with Crippen molar-refractivity contribution >= 4 is 36.3 Å². The molecule has 1 atom stereocenters. The Morgan fingerprint density at radius 3 is 2.54 bits per heavy atom. The highest BCUT2D eigenvalue weighted by atomic mass is 35.5. The van der Waals surface area contributed by atoms with Gasteiger partial charge in [-0.15, -0.1) is 24.8 Å². The van der Waals surface area contributed by atoms with Gasteiger partial charge in [-0.1, -0.05) is 18.2 Å². The van der Waals surface area contributed by atoms with Gasteiger partial charge in [-0.2, -0.15) is 0 Å². The summed E-state index contributed by atoms with van der Waals surface area (Å²) >= 11 is 0. The molecule has 7 heteroatoms. The predicted molar refractivity (Wildman–Crippen MR) is 99.3 cm³/mol. The first-order chi connectivity index (χ1) is 10.6. The van der Waals surface area contributed by atoms with Gasteiger partial charge < -0.3 is 15.8 Å². The number of aliphatic imine (C=N–C) groups is 1. The maximum absolute atomic E-state index is 13.1. The Kier molecular flexibility index (Phi) is 7.48. The molecular formula is C17H20Cl2FN3O. The molecule has 0 fully saturated rings. The highest BCUT2D eigenvalue weighted by molar-refractivity contribution is 5.89. The molecule has 3 rings (SSSR count). The second-order valence-corrected chi connectivity index (χ2v) is 5.33. The van der Waals surface area contributed by atoms with E-state index in [4.69, 9.17) is 10.5 Å². The highest BCUT2D eigenvalue weighted by Crippen LogP contribution is 2.32. The van der Waals surface area contributed by atoms with Gasteiger partial charge in [0, 0.05) is 13.1 Å². The van der Waals surface area contributed by atoms with Gasteiger partial charge in [0.05, 0.1) is 0 Å². The minimum atomic E-state index is -0.218. The molecule has 0 aromatic heterocycles. The van der Waals surface area contributed by atoms with Crippen LogP contribution in [0.2, 0.25) is 0 Å². The maximum Gasteiger partial charge on any atom is 0.153 e. The van der Waals surface area contributed by atoms with Crippen molar-refractivity contribution in [3.05, 3.63) is 59.4 Å². The standard InChI is InChI=1S/C17H18FN3O.2ClH/c1-11-17(19)21-15-8-13(5-6-16(15)22-11)10-20-9-12-3-2-4-14(18)7-12;;/h2-8,11,20H,9-10H2,1H3,(H2,19,21);2*1H. The predicted octanol–water partition coefficient (Wildman–Crippen LogP) is 3.73. The van der Waals surface area contributed by atoms with E-state index in [0.29, 0.717) is 18.9 Å². The molecule has 130 valence electrons. The summed E-state index contributed by atoms with van der Waals surface area (Å²) in [6.07, 6.45) is -0.190. The van der Waals surface area contributed by atoms with Crippen LogP contribution in [0, 0.1) is 5.82 Å². The van der Waals surface area contributed by atoms with Gasteiger partial charge in [0.15, 0.2) is 6.10 Å². The van der Waals surface area contributed by atoms with Crippen molar-refractivity contribution in [3.63, 3.8) is 0 Å². The van der Waals surface area contributed by atoms with E-state index in [1.807, 2.05) is 31.2 Å². The van der Waals surface area contributed by atoms with Crippen LogP contribution in [0.1, 0.15) is 18.1 Å². The number of fused-ring (bicyclic) bond motifs is 1. The molecule has 0 saturated heterocycles. The molecule has 1 aliphatic heterocycles. The fourth-order valence-corrected chi connectivity index (χ4v) is 2.34. The van der Waals surface area contributed by atoms with Crippen LogP contribution >= 0.6 is 24.8 Å². The Labute approximate surface area is 153 Å². The maximum atomic E-state index is 13.1. The van der Waals surface area contributed by atoms with E-state index in [1.54, 1.807) is 6.07 Å². The Hall–Kier alpha value is -1.82. The molecule has 1 heterocycles. The number of nitrogens with one attached hydrogen (secondary N) is 1. The molecule has 24 heavy (non-hydrogen) atoms. The van der Waals surface area contributed by atoms with Crippen molar-refractivity contribution in [2.45, 2.75) is 26.1 Å². The lowest BCUT2D eigenvalue weighted by Gasteiger charge is -2.21. The van der Waals surface area contributed by atoms with Crippen molar-refractivity contribution in [1.82, 2.24) is 5.32 Å². The summed E-state index contributed by atoms with van der Waals surface area (Å²) in [5.41, 5.74) is 8.55. The molecule has 0 bridgehead atoms. The Morgan fingerprint density at radius 2 is 1.83 bits per heavy atom. The number of nitrogens with zero attached hydrogens (tertiary/aromatic N) is 1. The summed E-state index contributed by atoms with van der Waals surface area (Å²) in [6, 6.07) is 12.4. The first-order valence-corrected chi connectivity index (χ1v) is 7.20. The van der Waals surface area contributed by atoms with E-state index in [1.165, 1.54) is 12.1 Å². The quantitative estimate of drug-likeness (QED) is 0.860. The van der Waals surface area contributed by atoms with Crippen molar-refractivity contribution < 1.29 is 9.13 Å². The number of benzene rings is 2. The highest BCUT2D eigenvalue weighted by Gasteiger charge is 2.18. The molecule has 3 N–H and O–H groups in total. The van der Waals surface area contributed by atoms with Crippen LogP contribution < -0.4 is 15.8 Å². The number of rotatable bonds is 4. The van der Waals surface area contributed by atoms with E-state index in [2.05, 4.69) is 10.3 Å². The van der Waals surface area contributed by atoms with E-state index in [-0.39, 0.29) is 36.7 Å². The third-order valence-electron chi connectivity index (χ3n) is 3.54. The van der Waals surface area contributed by atoms with Gasteiger partial charge in [-0.25, -0.2) is 9.38 Å². The van der Waals surface area contributed by atoms with Gasteiger partial charge in [-0.05, 0) is 42.3 Å². The molecule has 2 aromatic carbocycles. The van der Waals surface area contributed by atoms with Gasteiger partial charge in [0.25, 0.3) is 0 Å². The van der Waals surface area contributed by atoms with Gasteiger partial charge >= 0.3 is 0 Å². The minimum Gasteiger partial charge on any atom is -0.481 e. The lowest BCUT2D eigenvalue weighted by Crippen LogP contribution is -2.33. The van der Waals surface area contributed by atoms with Crippen LogP contribution in [-0.2, 0) is 13.1 Å². The monoisotopic (exact) mass is 371 g/mol. The van der Waals surface area contributed by atoms with Crippen LogP contribution in [0.25, 0.3) is 0 Å². The van der Waals surface area contributed by atoms with Crippen LogP contribution in [0.15, 0.2) is 47.5 Å². The van der Waals surface area contributed by atoms with Crippen molar-refractivity contribution in [2.24, 2.45) is 10.7 Å². The Bertz CT molecular complexity index is 725. The van der Waals surface area contributed by atoms with Gasteiger partial charge in [0.1, 0.15) is 23.1 Å². The normalized spacial score (nSPS) is 15.2. The number of hydrogen-bond acceptors (Lipinski definition) is 4. The summed E-state index contributed by atoms with van der Waals surface area (Å²) in [6.45, 7) is 3.14. The number of hydrogen-bond donors (Lipinski definition) is 2. The number of ether oxygens (including phenoxy) is 1. The average molecular weight is 372 g/mol. The largest absolute Gasteiger partial charge is 0.481 e. The zero-order valence-corrected chi connectivity index (χ0v) is 14.8. The fraction of sp³-hybridized carbons (Fsp3) is 0.235. The summed E-state index contributed by atoms with van der Waals surface area (Å²) in [7, 11) is 0. The molecule has 2 aromatic rings. The SMILES string of the molecule is CC1Oc2ccc(CNCc3cccc(F)c3)cc2N=C1N.Cl.Cl. The first-order valence-electron chi connectivity index (χ1n) is 7.20. The van der Waals surface area contributed by atoms with E-state index in [9.17, 15) is 4.39 Å². The molecule has 0 aliphatic carbocycles. The van der Waals surface area contributed by atoms with E-state index in [0.717, 1.165) is 22.6 Å². The topological polar surface area (TPSA) is 59.6 Å². The second kappa shape index (κ2) is 8.87. The molecule has 0 saturated carbocycles. The van der Waals surface area contributed by atoms with Crippen molar-refractivity contribution in [3.8, 4) is 5.75 Å². The molecule has 1 unspecified atom stereocenters. The van der Waals surface area contributed by atoms with Crippen LogP contribution in [0.3, 0.4) is 0 Å². The summed E-state index contributed by atoms with van der Waals surface area (Å²) in [4.78, 5) is 4.36. The first kappa shape index (κ1) is 20.2. The number of nitrogens with two attached hydrogens (primary N) is 1. The molecule has 0 amide bonds. The lowest BCUT2D eigenvalue weighted by atomic mass is 10.1. The third kappa shape index (κ3) is 4.84. The van der Waals surface area contributed by atoms with Crippen LogP contribution in [0.4, 0.5) is 10.1 Å². The fourth-order valence-electron chi connectivity index (χ4n) is 2.34. The van der Waals surface area contributed by atoms with E-state index < -0.39 is 0 Å². The smallest absolute Gasteiger partial charge is 0.153 e. The van der Waals surface area contributed by atoms with Crippen molar-refractivity contribution in [1.29, 1.82) is 0 Å². The van der Waals surface area contributed by atoms with Gasteiger partial charge in [0.2, 0.25) is 0 Å². The molecule has 1 aliphatic rings. The average Bonchev–Trinajstić information content (AvgIpc) is 2.49. The molecule has 0 spiro atoms. The lowest BCUT2D eigenvalue weighted by molar-refractivity contribution is 0.281. The van der Waals surface area contributed by atoms with Crippen LogP contribution in [0.5, 0.6) is 5.75 Å². The summed E-state index contributed by atoms with van der Waals surface area (Å²) in [5.74, 6) is 1.01. The Morgan fingerprint density at radius 1 is 1.12 bits per heavy atom.